The monoisotopic (exact) mass is 471 g/mol. The van der Waals surface area contributed by atoms with E-state index in [2.05, 4.69) is 5.32 Å². The molecular formula is C22H21Cl3FNO3. The molecule has 0 saturated heterocycles. The molecule has 0 atom stereocenters. The highest BCUT2D eigenvalue weighted by Crippen LogP contribution is 2.24. The normalized spacial score (nSPS) is 9.93. The van der Waals surface area contributed by atoms with Crippen LogP contribution in [0, 0.1) is 5.82 Å². The minimum atomic E-state index is -0.949. The van der Waals surface area contributed by atoms with E-state index in [0.29, 0.717) is 29.4 Å². The molecule has 0 aliphatic heterocycles. The molecule has 0 amide bonds. The standard InChI is InChI=1S/C22H19ClFNO3.2ClH/c23-19-9-10-21(28-14-17-3-1-2-4-20(17)24)18(11-19)13-25-12-15-5-7-16(8-6-15)22(26)27;;/h1-11,25H,12-14H2,(H,26,27);2*1H. The molecule has 0 heterocycles. The Balaban J connectivity index is 0.00000225. The molecule has 0 aromatic heterocycles. The highest BCUT2D eigenvalue weighted by molar-refractivity contribution is 6.30. The van der Waals surface area contributed by atoms with E-state index in [1.807, 2.05) is 0 Å². The van der Waals surface area contributed by atoms with Crippen molar-refractivity contribution in [2.45, 2.75) is 19.7 Å². The third kappa shape index (κ3) is 7.18. The largest absolute Gasteiger partial charge is 0.488 e. The first-order valence-electron chi connectivity index (χ1n) is 8.70. The van der Waals surface area contributed by atoms with Crippen molar-refractivity contribution >= 4 is 42.4 Å². The van der Waals surface area contributed by atoms with Crippen molar-refractivity contribution in [3.8, 4) is 5.75 Å². The molecular weight excluding hydrogens is 452 g/mol. The second kappa shape index (κ2) is 12.4. The molecule has 0 radical (unpaired) electrons. The van der Waals surface area contributed by atoms with Crippen LogP contribution in [0.3, 0.4) is 0 Å². The van der Waals surface area contributed by atoms with Crippen LogP contribution in [-0.4, -0.2) is 11.1 Å². The number of carboxylic acid groups (broad SMARTS) is 1. The maximum absolute atomic E-state index is 13.8. The Kier molecular flexibility index (Phi) is 10.6. The number of benzene rings is 3. The van der Waals surface area contributed by atoms with Crippen molar-refractivity contribution in [3.63, 3.8) is 0 Å². The molecule has 8 heteroatoms. The minimum Gasteiger partial charge on any atom is -0.488 e. The number of carbonyl (C=O) groups is 1. The van der Waals surface area contributed by atoms with Crippen LogP contribution in [0.5, 0.6) is 5.75 Å². The average Bonchev–Trinajstić information content (AvgIpc) is 2.69. The maximum Gasteiger partial charge on any atom is 0.335 e. The van der Waals surface area contributed by atoms with Crippen molar-refractivity contribution in [1.82, 2.24) is 5.32 Å². The van der Waals surface area contributed by atoms with Crippen LogP contribution in [-0.2, 0) is 19.7 Å². The van der Waals surface area contributed by atoms with Gasteiger partial charge in [0.15, 0.2) is 0 Å². The quantitative estimate of drug-likeness (QED) is 0.429. The Labute approximate surface area is 191 Å². The van der Waals surface area contributed by atoms with Crippen molar-refractivity contribution in [1.29, 1.82) is 0 Å². The number of nitrogens with one attached hydrogen (secondary N) is 1. The predicted molar refractivity (Wildman–Crippen MR) is 121 cm³/mol. The van der Waals surface area contributed by atoms with Crippen LogP contribution in [0.2, 0.25) is 5.02 Å². The van der Waals surface area contributed by atoms with E-state index < -0.39 is 5.97 Å². The zero-order chi connectivity index (χ0) is 19.9. The van der Waals surface area contributed by atoms with Gasteiger partial charge in [0.05, 0.1) is 5.56 Å². The fourth-order valence-electron chi connectivity index (χ4n) is 2.70. The number of rotatable bonds is 8. The summed E-state index contributed by atoms with van der Waals surface area (Å²) >= 11 is 6.10. The molecule has 2 N–H and O–H groups in total. The summed E-state index contributed by atoms with van der Waals surface area (Å²) in [6, 6.07) is 18.5. The van der Waals surface area contributed by atoms with Gasteiger partial charge in [-0.2, -0.15) is 0 Å². The molecule has 30 heavy (non-hydrogen) atoms. The Morgan fingerprint density at radius 2 is 1.67 bits per heavy atom. The maximum atomic E-state index is 13.8. The molecule has 3 aromatic carbocycles. The number of ether oxygens (including phenoxy) is 1. The number of halogens is 4. The Morgan fingerprint density at radius 1 is 0.967 bits per heavy atom. The zero-order valence-corrected chi connectivity index (χ0v) is 18.2. The first-order chi connectivity index (χ1) is 13.5. The summed E-state index contributed by atoms with van der Waals surface area (Å²) in [5.41, 5.74) is 2.55. The molecule has 0 unspecified atom stereocenters. The first kappa shape index (κ1) is 25.7. The summed E-state index contributed by atoms with van der Waals surface area (Å²) in [6.07, 6.45) is 0. The van der Waals surface area contributed by atoms with Crippen molar-refractivity contribution in [3.05, 3.63) is 99.8 Å². The van der Waals surface area contributed by atoms with Gasteiger partial charge in [-0.25, -0.2) is 9.18 Å². The average molecular weight is 473 g/mol. The lowest BCUT2D eigenvalue weighted by Gasteiger charge is -2.13. The lowest BCUT2D eigenvalue weighted by molar-refractivity contribution is 0.0697. The molecule has 3 aromatic rings. The van der Waals surface area contributed by atoms with Crippen molar-refractivity contribution in [2.24, 2.45) is 0 Å². The van der Waals surface area contributed by atoms with E-state index in [1.165, 1.54) is 6.07 Å². The van der Waals surface area contributed by atoms with Crippen LogP contribution in [0.1, 0.15) is 27.0 Å². The van der Waals surface area contributed by atoms with Crippen LogP contribution in [0.15, 0.2) is 66.7 Å². The van der Waals surface area contributed by atoms with Gasteiger partial charge in [-0.3, -0.25) is 0 Å². The number of hydrogen-bond acceptors (Lipinski definition) is 3. The summed E-state index contributed by atoms with van der Waals surface area (Å²) in [7, 11) is 0. The molecule has 0 aliphatic carbocycles. The van der Waals surface area contributed by atoms with Gasteiger partial charge in [0.25, 0.3) is 0 Å². The van der Waals surface area contributed by atoms with Gasteiger partial charge in [0, 0.05) is 29.2 Å². The van der Waals surface area contributed by atoms with Gasteiger partial charge in [-0.05, 0) is 42.0 Å². The molecule has 0 bridgehead atoms. The number of hydrogen-bond donors (Lipinski definition) is 2. The third-order valence-electron chi connectivity index (χ3n) is 4.21. The Bertz CT molecular complexity index is 968. The van der Waals surface area contributed by atoms with E-state index in [0.717, 1.165) is 11.1 Å². The van der Waals surface area contributed by atoms with Gasteiger partial charge in [-0.1, -0.05) is 41.9 Å². The van der Waals surface area contributed by atoms with Gasteiger partial charge in [-0.15, -0.1) is 24.8 Å². The van der Waals surface area contributed by atoms with E-state index in [1.54, 1.807) is 60.7 Å². The number of carboxylic acids is 1. The van der Waals surface area contributed by atoms with Gasteiger partial charge in [0.1, 0.15) is 18.2 Å². The molecule has 0 fully saturated rings. The van der Waals surface area contributed by atoms with E-state index in [9.17, 15) is 9.18 Å². The summed E-state index contributed by atoms with van der Waals surface area (Å²) in [4.78, 5) is 10.9. The minimum absolute atomic E-state index is 0. The van der Waals surface area contributed by atoms with Crippen molar-refractivity contribution in [2.75, 3.05) is 0 Å². The summed E-state index contributed by atoms with van der Waals surface area (Å²) < 4.78 is 19.6. The topological polar surface area (TPSA) is 58.6 Å². The van der Waals surface area contributed by atoms with Gasteiger partial charge in [0.2, 0.25) is 0 Å². The number of aromatic carboxylic acids is 1. The zero-order valence-electron chi connectivity index (χ0n) is 15.8. The highest BCUT2D eigenvalue weighted by Gasteiger charge is 2.08. The fraction of sp³-hybridized carbons (Fsp3) is 0.136. The Morgan fingerprint density at radius 3 is 2.33 bits per heavy atom. The van der Waals surface area contributed by atoms with E-state index in [-0.39, 0.29) is 42.8 Å². The molecule has 0 saturated carbocycles. The molecule has 4 nitrogen and oxygen atoms in total. The van der Waals surface area contributed by atoms with Gasteiger partial charge >= 0.3 is 5.97 Å². The van der Waals surface area contributed by atoms with E-state index >= 15 is 0 Å². The lowest BCUT2D eigenvalue weighted by atomic mass is 10.1. The SMILES string of the molecule is Cl.Cl.O=C(O)c1ccc(CNCc2cc(Cl)ccc2OCc2ccccc2F)cc1. The molecule has 0 aliphatic rings. The van der Waals surface area contributed by atoms with Crippen LogP contribution < -0.4 is 10.1 Å². The molecule has 160 valence electrons. The third-order valence-corrected chi connectivity index (χ3v) is 4.44. The lowest BCUT2D eigenvalue weighted by Crippen LogP contribution is -2.14. The van der Waals surface area contributed by atoms with Crippen LogP contribution >= 0.6 is 36.4 Å². The smallest absolute Gasteiger partial charge is 0.335 e. The fourth-order valence-corrected chi connectivity index (χ4v) is 2.90. The van der Waals surface area contributed by atoms with Crippen molar-refractivity contribution < 1.29 is 19.0 Å². The second-order valence-electron chi connectivity index (χ2n) is 6.24. The highest BCUT2D eigenvalue weighted by atomic mass is 35.5. The van der Waals surface area contributed by atoms with E-state index in [4.69, 9.17) is 21.4 Å². The second-order valence-corrected chi connectivity index (χ2v) is 6.67. The molecule has 0 spiro atoms. The summed E-state index contributed by atoms with van der Waals surface area (Å²) in [6.45, 7) is 1.17. The molecule has 3 rings (SSSR count). The predicted octanol–water partition coefficient (Wildman–Crippen LogP) is 5.89. The summed E-state index contributed by atoms with van der Waals surface area (Å²) in [5, 5.41) is 12.8. The first-order valence-corrected chi connectivity index (χ1v) is 9.08. The van der Waals surface area contributed by atoms with Crippen LogP contribution in [0.4, 0.5) is 4.39 Å². The Hall–Kier alpha value is -2.31. The summed E-state index contributed by atoms with van der Waals surface area (Å²) in [5.74, 6) is -0.627. The van der Waals surface area contributed by atoms with Crippen LogP contribution in [0.25, 0.3) is 0 Å². The van der Waals surface area contributed by atoms with Gasteiger partial charge < -0.3 is 15.2 Å².